The van der Waals surface area contributed by atoms with Crippen molar-refractivity contribution >= 4 is 11.0 Å². The topological polar surface area (TPSA) is 42.6 Å². The van der Waals surface area contributed by atoms with Crippen molar-refractivity contribution in [1.29, 1.82) is 0 Å². The molecule has 1 aliphatic carbocycles. The second-order valence-corrected chi connectivity index (χ2v) is 4.94. The Hall–Kier alpha value is -1.32. The van der Waals surface area contributed by atoms with E-state index < -0.39 is 6.10 Å². The highest BCUT2D eigenvalue weighted by Gasteiger charge is 2.19. The van der Waals surface area contributed by atoms with Crippen LogP contribution in [0.4, 0.5) is 0 Å². The molecular weight excluding hydrogens is 228 g/mol. The van der Waals surface area contributed by atoms with Crippen LogP contribution in [-0.4, -0.2) is 17.8 Å². The number of furan rings is 1. The van der Waals surface area contributed by atoms with E-state index >= 15 is 0 Å². The molecule has 3 rings (SSSR count). The molecule has 0 bridgehead atoms. The average molecular weight is 246 g/mol. The summed E-state index contributed by atoms with van der Waals surface area (Å²) in [5.74, 6) is 0.592. The Kier molecular flexibility index (Phi) is 3.35. The highest BCUT2D eigenvalue weighted by atomic mass is 16.5. The lowest BCUT2D eigenvalue weighted by molar-refractivity contribution is -0.0139. The quantitative estimate of drug-likeness (QED) is 0.898. The molecule has 96 valence electrons. The highest BCUT2D eigenvalue weighted by molar-refractivity contribution is 5.77. The third kappa shape index (κ3) is 2.42. The molecule has 0 spiro atoms. The standard InChI is InChI=1S/C15H18O3/c16-13(10-17-12-6-2-3-7-12)15-9-11-5-1-4-8-14(11)18-15/h1,4-5,8-9,12-13,16H,2-3,6-7,10H2. The summed E-state index contributed by atoms with van der Waals surface area (Å²) in [5.41, 5.74) is 0.812. The van der Waals surface area contributed by atoms with E-state index in [0.29, 0.717) is 18.5 Å². The van der Waals surface area contributed by atoms with E-state index in [0.717, 1.165) is 23.8 Å². The van der Waals surface area contributed by atoms with Gasteiger partial charge in [0.1, 0.15) is 17.4 Å². The summed E-state index contributed by atoms with van der Waals surface area (Å²) in [5, 5.41) is 11.1. The molecule has 1 saturated carbocycles. The molecule has 3 heteroatoms. The first-order valence-corrected chi connectivity index (χ1v) is 6.61. The Morgan fingerprint density at radius 3 is 2.83 bits per heavy atom. The first kappa shape index (κ1) is 11.8. The lowest BCUT2D eigenvalue weighted by Gasteiger charge is -2.13. The zero-order valence-corrected chi connectivity index (χ0v) is 10.3. The molecule has 2 aromatic rings. The van der Waals surface area contributed by atoms with Crippen LogP contribution in [-0.2, 0) is 4.74 Å². The predicted octanol–water partition coefficient (Wildman–Crippen LogP) is 3.43. The summed E-state index contributed by atoms with van der Waals surface area (Å²) >= 11 is 0. The van der Waals surface area contributed by atoms with E-state index in [-0.39, 0.29) is 0 Å². The minimum absolute atomic E-state index is 0.323. The minimum Gasteiger partial charge on any atom is -0.458 e. The van der Waals surface area contributed by atoms with Crippen molar-refractivity contribution in [2.24, 2.45) is 0 Å². The minimum atomic E-state index is -0.669. The van der Waals surface area contributed by atoms with Gasteiger partial charge in [-0.1, -0.05) is 31.0 Å². The number of hydrogen-bond acceptors (Lipinski definition) is 3. The summed E-state index contributed by atoms with van der Waals surface area (Å²) in [6, 6.07) is 9.66. The highest BCUT2D eigenvalue weighted by Crippen LogP contribution is 2.26. The van der Waals surface area contributed by atoms with Crippen LogP contribution in [0.1, 0.15) is 37.5 Å². The molecule has 1 aliphatic rings. The Labute approximate surface area is 106 Å². The normalized spacial score (nSPS) is 18.5. The molecular formula is C15H18O3. The smallest absolute Gasteiger partial charge is 0.136 e. The maximum Gasteiger partial charge on any atom is 0.136 e. The molecule has 0 aliphatic heterocycles. The molecule has 0 saturated heterocycles. The van der Waals surface area contributed by atoms with Crippen LogP contribution in [0.5, 0.6) is 0 Å². The van der Waals surface area contributed by atoms with Gasteiger partial charge < -0.3 is 14.3 Å². The van der Waals surface area contributed by atoms with Gasteiger partial charge in [0.05, 0.1) is 12.7 Å². The van der Waals surface area contributed by atoms with Crippen molar-refractivity contribution in [2.75, 3.05) is 6.61 Å². The van der Waals surface area contributed by atoms with Crippen molar-refractivity contribution in [2.45, 2.75) is 37.9 Å². The van der Waals surface area contributed by atoms with Crippen LogP contribution in [0.15, 0.2) is 34.7 Å². The number of fused-ring (bicyclic) bond motifs is 1. The summed E-state index contributed by atoms with van der Waals surface area (Å²) in [6.07, 6.45) is 4.37. The zero-order chi connectivity index (χ0) is 12.4. The number of ether oxygens (including phenoxy) is 1. The number of para-hydroxylation sites is 1. The van der Waals surface area contributed by atoms with Gasteiger partial charge in [-0.25, -0.2) is 0 Å². The van der Waals surface area contributed by atoms with E-state index in [2.05, 4.69) is 0 Å². The summed E-state index contributed by atoms with van der Waals surface area (Å²) in [7, 11) is 0. The Morgan fingerprint density at radius 2 is 2.06 bits per heavy atom. The molecule has 0 amide bonds. The van der Waals surface area contributed by atoms with Crippen molar-refractivity contribution in [1.82, 2.24) is 0 Å². The van der Waals surface area contributed by atoms with Crippen molar-refractivity contribution < 1.29 is 14.3 Å². The molecule has 3 nitrogen and oxygen atoms in total. The maximum atomic E-state index is 10.1. The summed E-state index contributed by atoms with van der Waals surface area (Å²) in [6.45, 7) is 0.324. The van der Waals surface area contributed by atoms with Crippen molar-refractivity contribution in [3.8, 4) is 0 Å². The van der Waals surface area contributed by atoms with Gasteiger partial charge in [-0.15, -0.1) is 0 Å². The van der Waals surface area contributed by atoms with E-state index in [1.54, 1.807) is 0 Å². The average Bonchev–Trinajstić information content (AvgIpc) is 3.04. The second-order valence-electron chi connectivity index (χ2n) is 4.94. The molecule has 0 radical (unpaired) electrons. The first-order chi connectivity index (χ1) is 8.83. The van der Waals surface area contributed by atoms with E-state index in [4.69, 9.17) is 9.15 Å². The lowest BCUT2D eigenvalue weighted by atomic mass is 10.2. The van der Waals surface area contributed by atoms with E-state index in [1.165, 1.54) is 12.8 Å². The lowest BCUT2D eigenvalue weighted by Crippen LogP contribution is -2.13. The van der Waals surface area contributed by atoms with E-state index in [1.807, 2.05) is 30.3 Å². The van der Waals surface area contributed by atoms with Gasteiger partial charge >= 0.3 is 0 Å². The molecule has 1 fully saturated rings. The molecule has 1 atom stereocenters. The molecule has 1 N–H and O–H groups in total. The second kappa shape index (κ2) is 5.12. The molecule has 1 aromatic carbocycles. The summed E-state index contributed by atoms with van der Waals surface area (Å²) < 4.78 is 11.3. The van der Waals surface area contributed by atoms with Gasteiger partial charge in [0.25, 0.3) is 0 Å². The molecule has 1 aromatic heterocycles. The van der Waals surface area contributed by atoms with Crippen LogP contribution in [0.25, 0.3) is 11.0 Å². The summed E-state index contributed by atoms with van der Waals surface area (Å²) in [4.78, 5) is 0. The number of aliphatic hydroxyl groups excluding tert-OH is 1. The fourth-order valence-electron chi connectivity index (χ4n) is 2.53. The van der Waals surface area contributed by atoms with Crippen LogP contribution in [0, 0.1) is 0 Å². The van der Waals surface area contributed by atoms with Crippen LogP contribution in [0.2, 0.25) is 0 Å². The molecule has 1 heterocycles. The van der Waals surface area contributed by atoms with Gasteiger partial charge in [0.15, 0.2) is 0 Å². The first-order valence-electron chi connectivity index (χ1n) is 6.61. The van der Waals surface area contributed by atoms with Gasteiger partial charge in [-0.2, -0.15) is 0 Å². The largest absolute Gasteiger partial charge is 0.458 e. The number of benzene rings is 1. The number of rotatable bonds is 4. The van der Waals surface area contributed by atoms with Crippen LogP contribution in [0.3, 0.4) is 0 Å². The monoisotopic (exact) mass is 246 g/mol. The zero-order valence-electron chi connectivity index (χ0n) is 10.3. The van der Waals surface area contributed by atoms with Gasteiger partial charge in [-0.3, -0.25) is 0 Å². The Morgan fingerprint density at radius 1 is 1.28 bits per heavy atom. The predicted molar refractivity (Wildman–Crippen MR) is 69.4 cm³/mol. The van der Waals surface area contributed by atoms with Gasteiger partial charge in [0, 0.05) is 5.39 Å². The number of hydrogen-bond donors (Lipinski definition) is 1. The van der Waals surface area contributed by atoms with Crippen LogP contribution < -0.4 is 0 Å². The SMILES string of the molecule is OC(COC1CCCC1)c1cc2ccccc2o1. The van der Waals surface area contributed by atoms with Crippen molar-refractivity contribution in [3.05, 3.63) is 36.1 Å². The molecule has 1 unspecified atom stereocenters. The fraction of sp³-hybridized carbons (Fsp3) is 0.467. The van der Waals surface area contributed by atoms with Gasteiger partial charge in [0.2, 0.25) is 0 Å². The Balaban J connectivity index is 1.65. The number of aliphatic hydroxyl groups is 1. The Bertz CT molecular complexity index is 478. The third-order valence-corrected chi connectivity index (χ3v) is 3.57. The van der Waals surface area contributed by atoms with Gasteiger partial charge in [-0.05, 0) is 25.0 Å². The van der Waals surface area contributed by atoms with Crippen molar-refractivity contribution in [3.63, 3.8) is 0 Å². The van der Waals surface area contributed by atoms with E-state index in [9.17, 15) is 5.11 Å². The maximum absolute atomic E-state index is 10.1. The third-order valence-electron chi connectivity index (χ3n) is 3.57. The fourth-order valence-corrected chi connectivity index (χ4v) is 2.53. The molecule has 18 heavy (non-hydrogen) atoms. The van der Waals surface area contributed by atoms with Crippen LogP contribution >= 0.6 is 0 Å².